The minimum atomic E-state index is -0.396. The molecule has 0 unspecified atom stereocenters. The monoisotopic (exact) mass is 437 g/mol. The number of hydrogen-bond donors (Lipinski definition) is 1. The zero-order valence-electron chi connectivity index (χ0n) is 18.0. The Hall–Kier alpha value is -3.07. The SMILES string of the molecule is O=C(c1cccnc1)N1CCc2c(nc([C@@H]3CCCCN3C(=O)[C@@H]3CCCO3)[nH]c2=O)C1. The van der Waals surface area contributed by atoms with Crippen LogP contribution < -0.4 is 5.56 Å². The van der Waals surface area contributed by atoms with Crippen LogP contribution in [0.2, 0.25) is 0 Å². The standard InChI is InChI=1S/C23H27N5O4/c29-21-16-8-11-27(22(30)15-5-3-9-24-13-15)14-17(16)25-20(26-21)18-6-1-2-10-28(18)23(31)19-7-4-12-32-19/h3,5,9,13,18-19H,1-2,4,6-8,10-12,14H2,(H,25,26,29)/t18-,19-/m0/s1. The molecule has 2 saturated heterocycles. The minimum absolute atomic E-state index is 0.0130. The summed E-state index contributed by atoms with van der Waals surface area (Å²) in [5.74, 6) is 0.372. The quantitative estimate of drug-likeness (QED) is 0.781. The molecule has 5 heterocycles. The van der Waals surface area contributed by atoms with Crippen LogP contribution in [0.3, 0.4) is 0 Å². The van der Waals surface area contributed by atoms with Gasteiger partial charge in [0.2, 0.25) is 0 Å². The van der Waals surface area contributed by atoms with Gasteiger partial charge in [-0.2, -0.15) is 0 Å². The number of amides is 2. The van der Waals surface area contributed by atoms with Crippen molar-refractivity contribution in [3.05, 3.63) is 57.5 Å². The third kappa shape index (κ3) is 3.92. The Morgan fingerprint density at radius 3 is 2.84 bits per heavy atom. The van der Waals surface area contributed by atoms with Gasteiger partial charge in [-0.15, -0.1) is 0 Å². The molecule has 32 heavy (non-hydrogen) atoms. The molecule has 0 aromatic carbocycles. The van der Waals surface area contributed by atoms with E-state index in [9.17, 15) is 14.4 Å². The molecule has 0 bridgehead atoms. The Bertz CT molecular complexity index is 1060. The van der Waals surface area contributed by atoms with Crippen molar-refractivity contribution in [2.24, 2.45) is 0 Å². The molecule has 5 rings (SSSR count). The van der Waals surface area contributed by atoms with Gasteiger partial charge in [0.1, 0.15) is 11.9 Å². The van der Waals surface area contributed by atoms with Crippen molar-refractivity contribution in [2.75, 3.05) is 19.7 Å². The van der Waals surface area contributed by atoms with E-state index < -0.39 is 6.10 Å². The summed E-state index contributed by atoms with van der Waals surface area (Å²) in [4.78, 5) is 54.1. The first kappa shape index (κ1) is 20.8. The van der Waals surface area contributed by atoms with Crippen LogP contribution in [0.1, 0.15) is 65.6 Å². The fourth-order valence-electron chi connectivity index (χ4n) is 4.90. The van der Waals surface area contributed by atoms with E-state index in [-0.39, 0.29) is 30.0 Å². The molecule has 0 saturated carbocycles. The number of pyridine rings is 1. The lowest BCUT2D eigenvalue weighted by Crippen LogP contribution is -2.45. The molecule has 3 aliphatic heterocycles. The van der Waals surface area contributed by atoms with Crippen molar-refractivity contribution >= 4 is 11.8 Å². The van der Waals surface area contributed by atoms with E-state index in [2.05, 4.69) is 9.97 Å². The number of fused-ring (bicyclic) bond motifs is 1. The Kier molecular flexibility index (Phi) is 5.73. The van der Waals surface area contributed by atoms with Crippen molar-refractivity contribution in [3.63, 3.8) is 0 Å². The molecule has 168 valence electrons. The second-order valence-electron chi connectivity index (χ2n) is 8.64. The number of nitrogens with zero attached hydrogens (tertiary/aromatic N) is 4. The summed E-state index contributed by atoms with van der Waals surface area (Å²) in [5.41, 5.74) is 1.58. The third-order valence-electron chi connectivity index (χ3n) is 6.59. The van der Waals surface area contributed by atoms with Crippen LogP contribution in [0, 0.1) is 0 Å². The topological polar surface area (TPSA) is 108 Å². The fraction of sp³-hybridized carbons (Fsp3) is 0.522. The lowest BCUT2D eigenvalue weighted by Gasteiger charge is -2.37. The Labute approximate surface area is 185 Å². The first-order valence-electron chi connectivity index (χ1n) is 11.3. The summed E-state index contributed by atoms with van der Waals surface area (Å²) in [7, 11) is 0. The van der Waals surface area contributed by atoms with Crippen LogP contribution in [0.25, 0.3) is 0 Å². The average Bonchev–Trinajstić information content (AvgIpc) is 3.38. The molecule has 9 heteroatoms. The second kappa shape index (κ2) is 8.82. The number of carbonyl (C=O) groups excluding carboxylic acids is 2. The van der Waals surface area contributed by atoms with Gasteiger partial charge in [-0.25, -0.2) is 4.98 Å². The van der Waals surface area contributed by atoms with Crippen molar-refractivity contribution in [3.8, 4) is 0 Å². The lowest BCUT2D eigenvalue weighted by molar-refractivity contribution is -0.145. The van der Waals surface area contributed by atoms with Gasteiger partial charge in [0, 0.05) is 37.7 Å². The van der Waals surface area contributed by atoms with Crippen molar-refractivity contribution in [2.45, 2.75) is 57.2 Å². The molecule has 2 aromatic rings. The molecule has 9 nitrogen and oxygen atoms in total. The maximum Gasteiger partial charge on any atom is 0.255 e. The molecule has 1 N–H and O–H groups in total. The van der Waals surface area contributed by atoms with Crippen LogP contribution in [0.15, 0.2) is 29.3 Å². The molecule has 2 amide bonds. The van der Waals surface area contributed by atoms with Gasteiger partial charge in [-0.3, -0.25) is 19.4 Å². The Balaban J connectivity index is 1.41. The van der Waals surface area contributed by atoms with E-state index >= 15 is 0 Å². The highest BCUT2D eigenvalue weighted by Gasteiger charge is 2.36. The second-order valence-corrected chi connectivity index (χ2v) is 8.64. The van der Waals surface area contributed by atoms with Crippen molar-refractivity contribution in [1.29, 1.82) is 0 Å². The van der Waals surface area contributed by atoms with E-state index in [0.717, 1.165) is 32.1 Å². The van der Waals surface area contributed by atoms with E-state index in [1.807, 2.05) is 4.90 Å². The summed E-state index contributed by atoms with van der Waals surface area (Å²) >= 11 is 0. The highest BCUT2D eigenvalue weighted by atomic mass is 16.5. The first-order valence-corrected chi connectivity index (χ1v) is 11.3. The fourth-order valence-corrected chi connectivity index (χ4v) is 4.90. The third-order valence-corrected chi connectivity index (χ3v) is 6.59. The number of nitrogens with one attached hydrogen (secondary N) is 1. The molecule has 2 aromatic heterocycles. The van der Waals surface area contributed by atoms with Gasteiger partial charge >= 0.3 is 0 Å². The zero-order chi connectivity index (χ0) is 22.1. The molecule has 0 radical (unpaired) electrons. The molecule has 3 aliphatic rings. The highest BCUT2D eigenvalue weighted by Crippen LogP contribution is 2.31. The molecular formula is C23H27N5O4. The molecule has 2 fully saturated rings. The zero-order valence-corrected chi connectivity index (χ0v) is 18.0. The molecule has 0 spiro atoms. The van der Waals surface area contributed by atoms with Crippen molar-refractivity contribution in [1.82, 2.24) is 24.8 Å². The van der Waals surface area contributed by atoms with Gasteiger partial charge in [0.05, 0.1) is 23.8 Å². The smallest absolute Gasteiger partial charge is 0.255 e. The van der Waals surface area contributed by atoms with Gasteiger partial charge in [-0.1, -0.05) is 0 Å². The number of ether oxygens (including phenoxy) is 1. The largest absolute Gasteiger partial charge is 0.368 e. The minimum Gasteiger partial charge on any atom is -0.368 e. The van der Waals surface area contributed by atoms with Crippen LogP contribution in [-0.2, 0) is 22.5 Å². The number of carbonyl (C=O) groups is 2. The number of piperidine rings is 1. The van der Waals surface area contributed by atoms with E-state index in [0.29, 0.717) is 48.8 Å². The Morgan fingerprint density at radius 1 is 1.16 bits per heavy atom. The maximum atomic E-state index is 13.1. The number of aromatic nitrogens is 3. The number of likely N-dealkylation sites (tertiary alicyclic amines) is 1. The average molecular weight is 438 g/mol. The molecular weight excluding hydrogens is 410 g/mol. The summed E-state index contributed by atoms with van der Waals surface area (Å²) in [5, 5.41) is 0. The molecule has 2 atom stereocenters. The van der Waals surface area contributed by atoms with E-state index in [1.165, 1.54) is 0 Å². The summed E-state index contributed by atoms with van der Waals surface area (Å²) < 4.78 is 5.62. The highest BCUT2D eigenvalue weighted by molar-refractivity contribution is 5.94. The van der Waals surface area contributed by atoms with Crippen LogP contribution in [0.4, 0.5) is 0 Å². The first-order chi connectivity index (χ1) is 15.6. The molecule has 0 aliphatic carbocycles. The van der Waals surface area contributed by atoms with Crippen molar-refractivity contribution < 1.29 is 14.3 Å². The number of hydrogen-bond acceptors (Lipinski definition) is 6. The normalized spacial score (nSPS) is 23.1. The summed E-state index contributed by atoms with van der Waals surface area (Å²) in [6, 6.07) is 3.19. The van der Waals surface area contributed by atoms with Gasteiger partial charge in [0.15, 0.2) is 0 Å². The van der Waals surface area contributed by atoms with E-state index in [1.54, 1.807) is 29.4 Å². The van der Waals surface area contributed by atoms with Gasteiger partial charge in [-0.05, 0) is 50.7 Å². The number of rotatable bonds is 3. The predicted molar refractivity (Wildman–Crippen MR) is 115 cm³/mol. The number of aromatic amines is 1. The summed E-state index contributed by atoms with van der Waals surface area (Å²) in [6.07, 6.45) is 7.50. The summed E-state index contributed by atoms with van der Waals surface area (Å²) in [6.45, 7) is 1.98. The Morgan fingerprint density at radius 2 is 2.06 bits per heavy atom. The van der Waals surface area contributed by atoms with Crippen LogP contribution in [-0.4, -0.2) is 62.4 Å². The van der Waals surface area contributed by atoms with E-state index in [4.69, 9.17) is 9.72 Å². The van der Waals surface area contributed by atoms with Crippen LogP contribution >= 0.6 is 0 Å². The predicted octanol–water partition coefficient (Wildman–Crippen LogP) is 1.60. The van der Waals surface area contributed by atoms with Gasteiger partial charge in [0.25, 0.3) is 17.4 Å². The van der Waals surface area contributed by atoms with Gasteiger partial charge < -0.3 is 19.5 Å². The van der Waals surface area contributed by atoms with Crippen LogP contribution in [0.5, 0.6) is 0 Å². The number of H-pyrrole nitrogens is 1. The maximum absolute atomic E-state index is 13.1. The lowest BCUT2D eigenvalue weighted by atomic mass is 9.99.